The molecule has 0 saturated carbocycles. The quantitative estimate of drug-likeness (QED) is 0.564. The van der Waals surface area contributed by atoms with Gasteiger partial charge in [-0.05, 0) is 7.05 Å². The Labute approximate surface area is 93.5 Å². The van der Waals surface area contributed by atoms with Crippen molar-refractivity contribution in [1.82, 2.24) is 19.6 Å². The van der Waals surface area contributed by atoms with Gasteiger partial charge in [0.25, 0.3) is 0 Å². The monoisotopic (exact) mass is 268 g/mol. The van der Waals surface area contributed by atoms with E-state index in [9.17, 15) is 16.8 Å². The molecule has 0 fully saturated rings. The molecule has 0 aromatic carbocycles. The minimum Gasteiger partial charge on any atom is -0.284 e. The molecule has 0 aliphatic carbocycles. The first-order valence-corrected chi connectivity index (χ1v) is 7.40. The van der Waals surface area contributed by atoms with Crippen molar-refractivity contribution in [3.8, 4) is 0 Å². The number of rotatable bonds is 6. The summed E-state index contributed by atoms with van der Waals surface area (Å²) >= 11 is 0. The number of hydrogen-bond acceptors (Lipinski definition) is 5. The van der Waals surface area contributed by atoms with E-state index in [2.05, 4.69) is 19.6 Å². The largest absolute Gasteiger partial charge is 0.284 e. The number of nitrogens with one attached hydrogen (secondary N) is 3. The van der Waals surface area contributed by atoms with Crippen LogP contribution in [0.2, 0.25) is 0 Å². The van der Waals surface area contributed by atoms with Crippen LogP contribution in [0.15, 0.2) is 17.3 Å². The van der Waals surface area contributed by atoms with Crippen molar-refractivity contribution in [3.05, 3.63) is 12.4 Å². The fourth-order valence-electron chi connectivity index (χ4n) is 0.882. The summed E-state index contributed by atoms with van der Waals surface area (Å²) in [4.78, 5) is -0.0330. The Morgan fingerprint density at radius 2 is 2.06 bits per heavy atom. The predicted molar refractivity (Wildman–Crippen MR) is 56.6 cm³/mol. The van der Waals surface area contributed by atoms with Crippen molar-refractivity contribution in [2.75, 3.05) is 19.3 Å². The van der Waals surface area contributed by atoms with E-state index in [-0.39, 0.29) is 17.2 Å². The van der Waals surface area contributed by atoms with Gasteiger partial charge in [-0.15, -0.1) is 0 Å². The average molecular weight is 268 g/mol. The standard InChI is InChI=1S/C6H12N4O4S2/c1-7-15(11,12)3-2-10-16(13,14)6-4-8-9-5-6/h4-5,7,10H,2-3H2,1H3,(H,8,9). The van der Waals surface area contributed by atoms with Gasteiger partial charge in [0.1, 0.15) is 4.90 Å². The van der Waals surface area contributed by atoms with Gasteiger partial charge in [-0.1, -0.05) is 0 Å². The van der Waals surface area contributed by atoms with Crippen molar-refractivity contribution >= 4 is 20.0 Å². The lowest BCUT2D eigenvalue weighted by Crippen LogP contribution is -2.32. The zero-order chi connectivity index (χ0) is 12.2. The summed E-state index contributed by atoms with van der Waals surface area (Å²) in [6, 6.07) is 0. The van der Waals surface area contributed by atoms with E-state index in [4.69, 9.17) is 0 Å². The number of hydrogen-bond donors (Lipinski definition) is 3. The third kappa shape index (κ3) is 3.56. The van der Waals surface area contributed by atoms with E-state index >= 15 is 0 Å². The van der Waals surface area contributed by atoms with Crippen LogP contribution in [0.25, 0.3) is 0 Å². The smallest absolute Gasteiger partial charge is 0.243 e. The van der Waals surface area contributed by atoms with Crippen LogP contribution < -0.4 is 9.44 Å². The Morgan fingerprint density at radius 1 is 1.38 bits per heavy atom. The Bertz CT molecular complexity index is 519. The van der Waals surface area contributed by atoms with Gasteiger partial charge < -0.3 is 0 Å². The van der Waals surface area contributed by atoms with Gasteiger partial charge in [-0.2, -0.15) is 5.10 Å². The summed E-state index contributed by atoms with van der Waals surface area (Å²) in [5.74, 6) is -0.319. The molecule has 10 heteroatoms. The minimum absolute atomic E-state index is 0.0330. The molecule has 0 spiro atoms. The molecule has 16 heavy (non-hydrogen) atoms. The summed E-state index contributed by atoms with van der Waals surface area (Å²) in [5.41, 5.74) is 0. The Kier molecular flexibility index (Phi) is 4.02. The first-order chi connectivity index (χ1) is 7.37. The minimum atomic E-state index is -3.68. The first kappa shape index (κ1) is 13.1. The second-order valence-electron chi connectivity index (χ2n) is 2.85. The maximum Gasteiger partial charge on any atom is 0.243 e. The second kappa shape index (κ2) is 4.91. The third-order valence-electron chi connectivity index (χ3n) is 1.76. The SMILES string of the molecule is CNS(=O)(=O)CCNS(=O)(=O)c1cn[nH]c1. The Hall–Kier alpha value is -0.970. The molecule has 8 nitrogen and oxygen atoms in total. The molecule has 1 aromatic rings. The van der Waals surface area contributed by atoms with Crippen LogP contribution in [-0.2, 0) is 20.0 Å². The first-order valence-electron chi connectivity index (χ1n) is 4.27. The summed E-state index contributed by atoms with van der Waals surface area (Å²) in [6.45, 7) is -0.198. The van der Waals surface area contributed by atoms with Crippen LogP contribution in [0.4, 0.5) is 0 Å². The van der Waals surface area contributed by atoms with Gasteiger partial charge in [0.05, 0.1) is 11.9 Å². The zero-order valence-corrected chi connectivity index (χ0v) is 10.1. The van der Waals surface area contributed by atoms with Gasteiger partial charge in [0.15, 0.2) is 0 Å². The highest BCUT2D eigenvalue weighted by Crippen LogP contribution is 2.03. The van der Waals surface area contributed by atoms with Crippen LogP contribution in [0, 0.1) is 0 Å². The molecule has 0 amide bonds. The lowest BCUT2D eigenvalue weighted by atomic mass is 10.7. The highest BCUT2D eigenvalue weighted by atomic mass is 32.2. The topological polar surface area (TPSA) is 121 Å². The predicted octanol–water partition coefficient (Wildman–Crippen LogP) is -1.76. The van der Waals surface area contributed by atoms with Crippen molar-refractivity contribution in [2.45, 2.75) is 4.90 Å². The lowest BCUT2D eigenvalue weighted by Gasteiger charge is -2.04. The van der Waals surface area contributed by atoms with E-state index in [0.29, 0.717) is 0 Å². The molecule has 0 aliphatic rings. The molecular formula is C6H12N4O4S2. The third-order valence-corrected chi connectivity index (χ3v) is 4.55. The van der Waals surface area contributed by atoms with Gasteiger partial charge in [-0.3, -0.25) is 5.10 Å². The van der Waals surface area contributed by atoms with Crippen LogP contribution in [0.5, 0.6) is 0 Å². The Morgan fingerprint density at radius 3 is 2.56 bits per heavy atom. The van der Waals surface area contributed by atoms with Gasteiger partial charge in [0, 0.05) is 12.7 Å². The van der Waals surface area contributed by atoms with Crippen LogP contribution in [0.3, 0.4) is 0 Å². The molecule has 0 unspecified atom stereocenters. The average Bonchev–Trinajstić information content (AvgIpc) is 2.70. The molecule has 0 aliphatic heterocycles. The molecule has 3 N–H and O–H groups in total. The maximum absolute atomic E-state index is 11.5. The number of nitrogens with zero attached hydrogens (tertiary/aromatic N) is 1. The molecule has 1 rings (SSSR count). The highest BCUT2D eigenvalue weighted by molar-refractivity contribution is 7.90. The molecule has 0 atom stereocenters. The normalized spacial score (nSPS) is 12.8. The fraction of sp³-hybridized carbons (Fsp3) is 0.500. The number of aromatic nitrogens is 2. The summed E-state index contributed by atoms with van der Waals surface area (Å²) in [5, 5.41) is 5.84. The van der Waals surface area contributed by atoms with Gasteiger partial charge in [0.2, 0.25) is 20.0 Å². The fourth-order valence-corrected chi connectivity index (χ4v) is 2.52. The summed E-state index contributed by atoms with van der Waals surface area (Å²) in [6.07, 6.45) is 2.34. The molecule has 0 saturated heterocycles. The maximum atomic E-state index is 11.5. The van der Waals surface area contributed by atoms with Crippen molar-refractivity contribution in [3.63, 3.8) is 0 Å². The van der Waals surface area contributed by atoms with E-state index in [1.165, 1.54) is 13.2 Å². The molecule has 0 radical (unpaired) electrons. The number of sulfonamides is 2. The van der Waals surface area contributed by atoms with E-state index in [1.54, 1.807) is 0 Å². The van der Waals surface area contributed by atoms with E-state index in [1.807, 2.05) is 0 Å². The van der Waals surface area contributed by atoms with Crippen LogP contribution in [0.1, 0.15) is 0 Å². The van der Waals surface area contributed by atoms with Gasteiger partial charge >= 0.3 is 0 Å². The molecule has 0 bridgehead atoms. The van der Waals surface area contributed by atoms with Crippen molar-refractivity contribution < 1.29 is 16.8 Å². The van der Waals surface area contributed by atoms with Crippen molar-refractivity contribution in [2.24, 2.45) is 0 Å². The number of H-pyrrole nitrogens is 1. The second-order valence-corrected chi connectivity index (χ2v) is 6.67. The van der Waals surface area contributed by atoms with Crippen molar-refractivity contribution in [1.29, 1.82) is 0 Å². The van der Waals surface area contributed by atoms with Crippen LogP contribution >= 0.6 is 0 Å². The molecule has 1 aromatic heterocycles. The van der Waals surface area contributed by atoms with E-state index in [0.717, 1.165) is 6.20 Å². The molecule has 1 heterocycles. The molecule has 92 valence electrons. The van der Waals surface area contributed by atoms with Gasteiger partial charge in [-0.25, -0.2) is 26.3 Å². The lowest BCUT2D eigenvalue weighted by molar-refractivity contribution is 0.578. The molecular weight excluding hydrogens is 256 g/mol. The highest BCUT2D eigenvalue weighted by Gasteiger charge is 2.16. The zero-order valence-electron chi connectivity index (χ0n) is 8.47. The van der Waals surface area contributed by atoms with E-state index < -0.39 is 20.0 Å². The van der Waals surface area contributed by atoms with Crippen LogP contribution in [-0.4, -0.2) is 46.4 Å². The Balaban J connectivity index is 2.57. The summed E-state index contributed by atoms with van der Waals surface area (Å²) < 4.78 is 49.2. The summed E-state index contributed by atoms with van der Waals surface area (Å²) in [7, 11) is -5.83. The number of aromatic amines is 1.